The van der Waals surface area contributed by atoms with Crippen LogP contribution in [0.2, 0.25) is 0 Å². The standard InChI is InChI=1S/C32H44N4O3/c1-2-3-4-5-6-7-8-9-10-11-12-13-14-15-16-17-18-21-30(37)35-23-25-36(26-24-35)31(38)28-34-32(39)29-20-19-22-33-27-29/h3-4,6-7,9-10,12-13,15-16,19-20,22,27H,2,5,8,11,14,17-18,21,23-26,28H2,1H3,(H,34,39). The molecule has 39 heavy (non-hydrogen) atoms. The van der Waals surface area contributed by atoms with Crippen LogP contribution in [0.3, 0.4) is 0 Å². The van der Waals surface area contributed by atoms with E-state index < -0.39 is 0 Å². The van der Waals surface area contributed by atoms with Gasteiger partial charge in [-0.25, -0.2) is 0 Å². The Morgan fingerprint density at radius 1 is 0.795 bits per heavy atom. The zero-order valence-electron chi connectivity index (χ0n) is 23.3. The van der Waals surface area contributed by atoms with Crippen LogP contribution in [0.25, 0.3) is 0 Å². The first-order chi connectivity index (χ1) is 19.1. The molecule has 3 amide bonds. The Morgan fingerprint density at radius 3 is 1.87 bits per heavy atom. The molecule has 1 N–H and O–H groups in total. The van der Waals surface area contributed by atoms with E-state index in [-0.39, 0.29) is 24.3 Å². The molecule has 1 aromatic heterocycles. The van der Waals surface area contributed by atoms with Gasteiger partial charge in [0.15, 0.2) is 0 Å². The topological polar surface area (TPSA) is 82.6 Å². The first kappa shape index (κ1) is 31.5. The lowest BCUT2D eigenvalue weighted by Gasteiger charge is -2.35. The molecule has 2 heterocycles. The fourth-order valence-electron chi connectivity index (χ4n) is 3.97. The summed E-state index contributed by atoms with van der Waals surface area (Å²) in [7, 11) is 0. The van der Waals surface area contributed by atoms with Gasteiger partial charge in [-0.3, -0.25) is 19.4 Å². The third kappa shape index (κ3) is 14.1. The minimum atomic E-state index is -0.322. The Morgan fingerprint density at radius 2 is 1.33 bits per heavy atom. The van der Waals surface area contributed by atoms with Crippen LogP contribution in [0.15, 0.2) is 85.3 Å². The van der Waals surface area contributed by atoms with E-state index in [1.54, 1.807) is 23.2 Å². The molecule has 7 heteroatoms. The number of allylic oxidation sites excluding steroid dienone is 10. The Balaban J connectivity index is 1.49. The minimum absolute atomic E-state index is 0.0606. The van der Waals surface area contributed by atoms with Gasteiger partial charge in [0.05, 0.1) is 12.1 Å². The summed E-state index contributed by atoms with van der Waals surface area (Å²) < 4.78 is 0. The Labute approximate surface area is 234 Å². The zero-order chi connectivity index (χ0) is 28.0. The van der Waals surface area contributed by atoms with Gasteiger partial charge in [-0.05, 0) is 57.1 Å². The number of unbranched alkanes of at least 4 members (excludes halogenated alkanes) is 1. The molecule has 0 aromatic carbocycles. The monoisotopic (exact) mass is 532 g/mol. The number of aromatic nitrogens is 1. The third-order valence-corrected chi connectivity index (χ3v) is 6.23. The molecule has 0 saturated carbocycles. The molecule has 0 unspecified atom stereocenters. The fourth-order valence-corrected chi connectivity index (χ4v) is 3.97. The van der Waals surface area contributed by atoms with Gasteiger partial charge in [-0.1, -0.05) is 67.7 Å². The molecule has 1 aliphatic rings. The molecule has 0 atom stereocenters. The predicted octanol–water partition coefficient (Wildman–Crippen LogP) is 5.40. The van der Waals surface area contributed by atoms with Crippen molar-refractivity contribution >= 4 is 17.7 Å². The van der Waals surface area contributed by atoms with Crippen LogP contribution in [-0.2, 0) is 9.59 Å². The second-order valence-electron chi connectivity index (χ2n) is 9.29. The maximum Gasteiger partial charge on any atom is 0.253 e. The van der Waals surface area contributed by atoms with Crippen LogP contribution in [0.4, 0.5) is 0 Å². The third-order valence-electron chi connectivity index (χ3n) is 6.23. The number of rotatable bonds is 16. The van der Waals surface area contributed by atoms with E-state index in [2.05, 4.69) is 78.0 Å². The van der Waals surface area contributed by atoms with Gasteiger partial charge in [0.1, 0.15) is 0 Å². The van der Waals surface area contributed by atoms with Crippen molar-refractivity contribution in [2.75, 3.05) is 32.7 Å². The number of hydrogen-bond acceptors (Lipinski definition) is 4. The minimum Gasteiger partial charge on any atom is -0.343 e. The van der Waals surface area contributed by atoms with Crippen LogP contribution >= 0.6 is 0 Å². The summed E-state index contributed by atoms with van der Waals surface area (Å²) in [5.41, 5.74) is 0.422. The van der Waals surface area contributed by atoms with Crippen LogP contribution in [-0.4, -0.2) is 65.2 Å². The van der Waals surface area contributed by atoms with Crippen LogP contribution in [0.1, 0.15) is 68.6 Å². The number of nitrogens with one attached hydrogen (secondary N) is 1. The highest BCUT2D eigenvalue weighted by Crippen LogP contribution is 2.08. The molecular formula is C32H44N4O3. The predicted molar refractivity (Wildman–Crippen MR) is 158 cm³/mol. The summed E-state index contributed by atoms with van der Waals surface area (Å²) in [6, 6.07) is 3.33. The highest BCUT2D eigenvalue weighted by atomic mass is 16.2. The van der Waals surface area contributed by atoms with Crippen LogP contribution in [0.5, 0.6) is 0 Å². The lowest BCUT2D eigenvalue weighted by atomic mass is 10.2. The van der Waals surface area contributed by atoms with Crippen molar-refractivity contribution < 1.29 is 14.4 Å². The van der Waals surface area contributed by atoms with E-state index in [1.165, 1.54) is 6.20 Å². The van der Waals surface area contributed by atoms with Crippen LogP contribution < -0.4 is 5.32 Å². The summed E-state index contributed by atoms with van der Waals surface area (Å²) in [4.78, 5) is 44.5. The average Bonchev–Trinajstić information content (AvgIpc) is 2.97. The van der Waals surface area contributed by atoms with Gasteiger partial charge in [0.25, 0.3) is 5.91 Å². The maximum absolute atomic E-state index is 12.5. The zero-order valence-corrected chi connectivity index (χ0v) is 23.3. The fraction of sp³-hybridized carbons (Fsp3) is 0.438. The first-order valence-electron chi connectivity index (χ1n) is 14.1. The number of hydrogen-bond donors (Lipinski definition) is 1. The number of pyridine rings is 1. The summed E-state index contributed by atoms with van der Waals surface area (Å²) >= 11 is 0. The molecular weight excluding hydrogens is 488 g/mol. The Kier molecular flexibility index (Phi) is 16.3. The van der Waals surface area contributed by atoms with E-state index >= 15 is 0 Å². The van der Waals surface area contributed by atoms with Crippen molar-refractivity contribution in [2.24, 2.45) is 0 Å². The summed E-state index contributed by atoms with van der Waals surface area (Å²) in [6.45, 7) is 4.12. The quantitative estimate of drug-likeness (QED) is 0.228. The largest absolute Gasteiger partial charge is 0.343 e. The lowest BCUT2D eigenvalue weighted by molar-refractivity contribution is -0.139. The van der Waals surface area contributed by atoms with Crippen molar-refractivity contribution in [3.05, 3.63) is 90.9 Å². The highest BCUT2D eigenvalue weighted by molar-refractivity contribution is 5.96. The van der Waals surface area contributed by atoms with Gasteiger partial charge in [0, 0.05) is 45.0 Å². The van der Waals surface area contributed by atoms with Crippen LogP contribution in [0, 0.1) is 0 Å². The van der Waals surface area contributed by atoms with Crippen molar-refractivity contribution in [3.63, 3.8) is 0 Å². The Hall–Kier alpha value is -3.74. The number of nitrogens with zero attached hydrogens (tertiary/aromatic N) is 3. The van der Waals surface area contributed by atoms with Crippen molar-refractivity contribution in [1.82, 2.24) is 20.1 Å². The van der Waals surface area contributed by atoms with E-state index in [9.17, 15) is 14.4 Å². The van der Waals surface area contributed by atoms with Gasteiger partial charge in [0.2, 0.25) is 11.8 Å². The maximum atomic E-state index is 12.5. The normalized spacial score (nSPS) is 14.5. The second kappa shape index (κ2) is 20.3. The highest BCUT2D eigenvalue weighted by Gasteiger charge is 2.24. The SMILES string of the molecule is CCC=CCC=CCC=CCC=CCC=CCCCC(=O)N1CCN(C(=O)CNC(=O)c2cccnc2)CC1. The molecule has 0 radical (unpaired) electrons. The van der Waals surface area contributed by atoms with Gasteiger partial charge in [-0.15, -0.1) is 0 Å². The van der Waals surface area contributed by atoms with Gasteiger partial charge >= 0.3 is 0 Å². The van der Waals surface area contributed by atoms with E-state index in [0.717, 1.165) is 44.9 Å². The first-order valence-corrected chi connectivity index (χ1v) is 14.1. The van der Waals surface area contributed by atoms with Crippen molar-refractivity contribution in [1.29, 1.82) is 0 Å². The molecule has 0 spiro atoms. The molecule has 1 fully saturated rings. The lowest BCUT2D eigenvalue weighted by Crippen LogP contribution is -2.52. The van der Waals surface area contributed by atoms with E-state index in [0.29, 0.717) is 38.2 Å². The number of carbonyl (C=O) groups is 3. The molecule has 1 saturated heterocycles. The van der Waals surface area contributed by atoms with Gasteiger partial charge in [-0.2, -0.15) is 0 Å². The molecule has 0 bridgehead atoms. The van der Waals surface area contributed by atoms with Gasteiger partial charge < -0.3 is 15.1 Å². The number of amides is 3. The van der Waals surface area contributed by atoms with E-state index in [4.69, 9.17) is 0 Å². The molecule has 210 valence electrons. The van der Waals surface area contributed by atoms with Crippen molar-refractivity contribution in [3.8, 4) is 0 Å². The number of carbonyl (C=O) groups excluding carboxylic acids is 3. The molecule has 1 aliphatic heterocycles. The molecule has 0 aliphatic carbocycles. The summed E-state index contributed by atoms with van der Waals surface area (Å²) in [6.07, 6.45) is 32.0. The second-order valence-corrected chi connectivity index (χ2v) is 9.29. The molecule has 1 aromatic rings. The summed E-state index contributed by atoms with van der Waals surface area (Å²) in [5, 5.41) is 2.64. The molecule has 7 nitrogen and oxygen atoms in total. The van der Waals surface area contributed by atoms with Crippen molar-refractivity contribution in [2.45, 2.75) is 58.3 Å². The smallest absolute Gasteiger partial charge is 0.253 e. The number of piperazine rings is 1. The Bertz CT molecular complexity index is 1000. The van der Waals surface area contributed by atoms with E-state index in [1.807, 2.05) is 4.90 Å². The summed E-state index contributed by atoms with van der Waals surface area (Å²) in [5.74, 6) is -0.324. The average molecular weight is 533 g/mol. The molecule has 2 rings (SSSR count).